The molecule has 2 aromatic heterocycles. The SMILES string of the molecule is O=C(Cn1cnc2scc(-c3ccccc3)c2c1=O)N/N=C\c1ccc(O)cc1. The number of fused-ring (bicyclic) bond motifs is 1. The third kappa shape index (κ3) is 4.07. The van der Waals surface area contributed by atoms with E-state index in [-0.39, 0.29) is 17.9 Å². The van der Waals surface area contributed by atoms with Crippen LogP contribution in [0.5, 0.6) is 5.75 Å². The second kappa shape index (κ2) is 8.07. The Morgan fingerprint density at radius 2 is 1.93 bits per heavy atom. The average molecular weight is 404 g/mol. The number of hydrogen-bond donors (Lipinski definition) is 2. The minimum Gasteiger partial charge on any atom is -0.508 e. The van der Waals surface area contributed by atoms with Crippen LogP contribution in [0.4, 0.5) is 0 Å². The Hall–Kier alpha value is -3.78. The number of phenols is 1. The van der Waals surface area contributed by atoms with Gasteiger partial charge in [0.1, 0.15) is 17.1 Å². The zero-order valence-electron chi connectivity index (χ0n) is 15.1. The number of carbonyl (C=O) groups is 1. The van der Waals surface area contributed by atoms with Gasteiger partial charge in [-0.3, -0.25) is 14.2 Å². The van der Waals surface area contributed by atoms with E-state index in [4.69, 9.17) is 0 Å². The van der Waals surface area contributed by atoms with E-state index in [2.05, 4.69) is 15.5 Å². The molecule has 0 unspecified atom stereocenters. The molecular formula is C21H16N4O3S. The van der Waals surface area contributed by atoms with Gasteiger partial charge in [-0.25, -0.2) is 10.4 Å². The summed E-state index contributed by atoms with van der Waals surface area (Å²) in [6.07, 6.45) is 2.83. The molecule has 0 atom stereocenters. The van der Waals surface area contributed by atoms with Gasteiger partial charge in [-0.2, -0.15) is 5.10 Å². The van der Waals surface area contributed by atoms with Gasteiger partial charge in [0.25, 0.3) is 11.5 Å². The van der Waals surface area contributed by atoms with Gasteiger partial charge in [-0.15, -0.1) is 11.3 Å². The first-order chi connectivity index (χ1) is 14.1. The van der Waals surface area contributed by atoms with Crippen LogP contribution in [0.1, 0.15) is 5.56 Å². The van der Waals surface area contributed by atoms with Crippen LogP contribution < -0.4 is 11.0 Å². The molecule has 0 aliphatic carbocycles. The number of aromatic hydroxyl groups is 1. The predicted molar refractivity (Wildman–Crippen MR) is 113 cm³/mol. The number of hydrazone groups is 1. The summed E-state index contributed by atoms with van der Waals surface area (Å²) in [4.78, 5) is 30.1. The van der Waals surface area contributed by atoms with Gasteiger partial charge in [0.15, 0.2) is 0 Å². The maximum absolute atomic E-state index is 12.9. The monoisotopic (exact) mass is 404 g/mol. The first kappa shape index (κ1) is 18.6. The Labute approximate surface area is 169 Å². The van der Waals surface area contributed by atoms with Crippen LogP contribution in [0, 0.1) is 0 Å². The molecule has 144 valence electrons. The summed E-state index contributed by atoms with van der Waals surface area (Å²) in [6, 6.07) is 16.0. The number of rotatable bonds is 5. The molecular weight excluding hydrogens is 388 g/mol. The molecule has 2 aromatic carbocycles. The van der Waals surface area contributed by atoms with Crippen molar-refractivity contribution in [1.82, 2.24) is 15.0 Å². The number of nitrogens with zero attached hydrogens (tertiary/aromatic N) is 3. The number of phenolic OH excluding ortho intramolecular Hbond substituents is 1. The van der Waals surface area contributed by atoms with Crippen molar-refractivity contribution in [3.63, 3.8) is 0 Å². The van der Waals surface area contributed by atoms with Gasteiger partial charge < -0.3 is 5.11 Å². The molecule has 8 heteroatoms. The molecule has 29 heavy (non-hydrogen) atoms. The normalized spacial score (nSPS) is 11.2. The van der Waals surface area contributed by atoms with E-state index in [9.17, 15) is 14.7 Å². The van der Waals surface area contributed by atoms with Crippen LogP contribution in [0.3, 0.4) is 0 Å². The Morgan fingerprint density at radius 3 is 2.69 bits per heavy atom. The molecule has 1 amide bonds. The minimum absolute atomic E-state index is 0.150. The third-order valence-electron chi connectivity index (χ3n) is 4.26. The number of carbonyl (C=O) groups excluding carboxylic acids is 1. The zero-order chi connectivity index (χ0) is 20.2. The van der Waals surface area contributed by atoms with Crippen LogP contribution in [0.2, 0.25) is 0 Å². The molecule has 0 bridgehead atoms. The quantitative estimate of drug-likeness (QED) is 0.395. The first-order valence-electron chi connectivity index (χ1n) is 8.75. The number of amides is 1. The van der Waals surface area contributed by atoms with Crippen molar-refractivity contribution in [2.45, 2.75) is 6.54 Å². The molecule has 0 saturated carbocycles. The molecule has 0 radical (unpaired) electrons. The van der Waals surface area contributed by atoms with Crippen molar-refractivity contribution < 1.29 is 9.90 Å². The number of nitrogens with one attached hydrogen (secondary N) is 1. The number of aromatic nitrogens is 2. The highest BCUT2D eigenvalue weighted by molar-refractivity contribution is 7.17. The van der Waals surface area contributed by atoms with Crippen molar-refractivity contribution in [3.8, 4) is 16.9 Å². The Balaban J connectivity index is 1.53. The maximum Gasteiger partial charge on any atom is 0.263 e. The van der Waals surface area contributed by atoms with Crippen LogP contribution in [-0.2, 0) is 11.3 Å². The second-order valence-corrected chi connectivity index (χ2v) is 7.12. The van der Waals surface area contributed by atoms with E-state index < -0.39 is 5.91 Å². The van der Waals surface area contributed by atoms with Crippen molar-refractivity contribution in [2.75, 3.05) is 0 Å². The summed E-state index contributed by atoms with van der Waals surface area (Å²) in [7, 11) is 0. The van der Waals surface area contributed by atoms with Crippen LogP contribution in [-0.4, -0.2) is 26.8 Å². The number of benzene rings is 2. The van der Waals surface area contributed by atoms with E-state index in [0.717, 1.165) is 11.1 Å². The van der Waals surface area contributed by atoms with Crippen LogP contribution in [0.15, 0.2) is 76.2 Å². The maximum atomic E-state index is 12.9. The van der Waals surface area contributed by atoms with Gasteiger partial charge in [-0.1, -0.05) is 30.3 Å². The van der Waals surface area contributed by atoms with E-state index in [0.29, 0.717) is 15.8 Å². The van der Waals surface area contributed by atoms with E-state index >= 15 is 0 Å². The van der Waals surface area contributed by atoms with Crippen molar-refractivity contribution in [3.05, 3.63) is 82.2 Å². The van der Waals surface area contributed by atoms with Gasteiger partial charge >= 0.3 is 0 Å². The average Bonchev–Trinajstić information content (AvgIpc) is 3.17. The standard InChI is InChI=1S/C21H16N4O3S/c26-16-8-6-14(7-9-16)10-23-24-18(27)11-25-13-22-20-19(21(25)28)17(12-29-20)15-4-2-1-3-5-15/h1-10,12-13,26H,11H2,(H,24,27)/b23-10-. The van der Waals surface area contributed by atoms with Crippen molar-refractivity contribution in [1.29, 1.82) is 0 Å². The molecule has 0 aliphatic rings. The highest BCUT2D eigenvalue weighted by atomic mass is 32.1. The van der Waals surface area contributed by atoms with E-state index in [1.165, 1.54) is 40.6 Å². The zero-order valence-corrected chi connectivity index (χ0v) is 16.0. The lowest BCUT2D eigenvalue weighted by Gasteiger charge is -2.05. The summed E-state index contributed by atoms with van der Waals surface area (Å²) in [5, 5.41) is 15.5. The lowest BCUT2D eigenvalue weighted by molar-refractivity contribution is -0.121. The molecule has 0 aliphatic heterocycles. The van der Waals surface area contributed by atoms with E-state index in [1.54, 1.807) is 12.1 Å². The molecule has 4 rings (SSSR count). The molecule has 7 nitrogen and oxygen atoms in total. The minimum atomic E-state index is -0.445. The third-order valence-corrected chi connectivity index (χ3v) is 5.14. The molecule has 2 N–H and O–H groups in total. The molecule has 0 spiro atoms. The summed E-state index contributed by atoms with van der Waals surface area (Å²) in [5.74, 6) is -0.295. The topological polar surface area (TPSA) is 96.6 Å². The van der Waals surface area contributed by atoms with Crippen molar-refractivity contribution >= 4 is 33.7 Å². The summed E-state index contributed by atoms with van der Waals surface area (Å²) in [6.45, 7) is -0.196. The Kier molecular flexibility index (Phi) is 5.17. The largest absolute Gasteiger partial charge is 0.508 e. The second-order valence-electron chi connectivity index (χ2n) is 6.26. The van der Waals surface area contributed by atoms with Gasteiger partial charge in [0.2, 0.25) is 0 Å². The molecule has 0 fully saturated rings. The Bertz CT molecular complexity index is 1240. The fourth-order valence-electron chi connectivity index (χ4n) is 2.84. The Morgan fingerprint density at radius 1 is 1.17 bits per heavy atom. The molecule has 0 saturated heterocycles. The lowest BCUT2D eigenvalue weighted by atomic mass is 10.1. The first-order valence-corrected chi connectivity index (χ1v) is 9.63. The fourth-order valence-corrected chi connectivity index (χ4v) is 3.75. The molecule has 4 aromatic rings. The molecule has 2 heterocycles. The highest BCUT2D eigenvalue weighted by Gasteiger charge is 2.14. The van der Waals surface area contributed by atoms with Crippen LogP contribution >= 0.6 is 11.3 Å². The lowest BCUT2D eigenvalue weighted by Crippen LogP contribution is -2.30. The number of hydrogen-bond acceptors (Lipinski definition) is 6. The summed E-state index contributed by atoms with van der Waals surface area (Å²) in [5.41, 5.74) is 4.58. The number of thiophene rings is 1. The van der Waals surface area contributed by atoms with E-state index in [1.807, 2.05) is 35.7 Å². The fraction of sp³-hybridized carbons (Fsp3) is 0.0476. The summed E-state index contributed by atoms with van der Waals surface area (Å²) >= 11 is 1.40. The predicted octanol–water partition coefficient (Wildman–Crippen LogP) is 2.98. The van der Waals surface area contributed by atoms with Gasteiger partial charge in [0.05, 0.1) is 17.9 Å². The smallest absolute Gasteiger partial charge is 0.263 e. The summed E-state index contributed by atoms with van der Waals surface area (Å²) < 4.78 is 1.27. The van der Waals surface area contributed by atoms with Crippen LogP contribution in [0.25, 0.3) is 21.3 Å². The van der Waals surface area contributed by atoms with Gasteiger partial charge in [-0.05, 0) is 35.4 Å². The van der Waals surface area contributed by atoms with Crippen molar-refractivity contribution in [2.24, 2.45) is 5.10 Å². The highest BCUT2D eigenvalue weighted by Crippen LogP contribution is 2.30. The van der Waals surface area contributed by atoms with Gasteiger partial charge in [0, 0.05) is 10.9 Å².